The maximum atomic E-state index is 12.1. The summed E-state index contributed by atoms with van der Waals surface area (Å²) in [4.78, 5) is 27.4. The van der Waals surface area contributed by atoms with E-state index in [-0.39, 0.29) is 18.8 Å². The molecular formula is C20H23NO5. The van der Waals surface area contributed by atoms with E-state index < -0.39 is 12.1 Å². The van der Waals surface area contributed by atoms with E-state index in [9.17, 15) is 9.59 Å². The van der Waals surface area contributed by atoms with Crippen LogP contribution in [-0.4, -0.2) is 41.2 Å². The third kappa shape index (κ3) is 5.67. The Morgan fingerprint density at radius 2 is 1.77 bits per heavy atom. The highest BCUT2D eigenvalue weighted by Gasteiger charge is 2.18. The number of aliphatic carboxylic acids is 1. The van der Waals surface area contributed by atoms with Gasteiger partial charge in [0, 0.05) is 19.2 Å². The van der Waals surface area contributed by atoms with Crippen molar-refractivity contribution in [2.45, 2.75) is 32.8 Å². The predicted molar refractivity (Wildman–Crippen MR) is 96.6 cm³/mol. The van der Waals surface area contributed by atoms with Crippen molar-refractivity contribution in [1.82, 2.24) is 4.98 Å². The van der Waals surface area contributed by atoms with Crippen molar-refractivity contribution in [2.75, 3.05) is 13.2 Å². The average Bonchev–Trinajstić information content (AvgIpc) is 2.66. The molecule has 2 aromatic rings. The number of pyridine rings is 1. The maximum Gasteiger partial charge on any atom is 0.333 e. The Bertz CT molecular complexity index is 725. The second-order valence-electron chi connectivity index (χ2n) is 5.75. The molecule has 0 aliphatic rings. The van der Waals surface area contributed by atoms with E-state index in [2.05, 4.69) is 4.98 Å². The average molecular weight is 357 g/mol. The van der Waals surface area contributed by atoms with Crippen molar-refractivity contribution in [3.8, 4) is 5.75 Å². The third-order valence-electron chi connectivity index (χ3n) is 3.88. The lowest BCUT2D eigenvalue weighted by atomic mass is 10.1. The Labute approximate surface area is 152 Å². The predicted octanol–water partition coefficient (Wildman–Crippen LogP) is 2.94. The van der Waals surface area contributed by atoms with Crippen molar-refractivity contribution in [3.63, 3.8) is 0 Å². The van der Waals surface area contributed by atoms with E-state index in [1.807, 2.05) is 13.0 Å². The molecule has 0 bridgehead atoms. The van der Waals surface area contributed by atoms with Gasteiger partial charge in [0.05, 0.1) is 0 Å². The van der Waals surface area contributed by atoms with Crippen LogP contribution in [0.2, 0.25) is 0 Å². The molecule has 1 N–H and O–H groups in total. The first-order valence-electron chi connectivity index (χ1n) is 8.57. The normalized spacial score (nSPS) is 11.8. The number of benzene rings is 1. The highest BCUT2D eigenvalue weighted by Crippen LogP contribution is 2.15. The largest absolute Gasteiger partial charge is 0.485 e. The van der Waals surface area contributed by atoms with Gasteiger partial charge in [-0.25, -0.2) is 4.79 Å². The zero-order valence-corrected chi connectivity index (χ0v) is 15.0. The fourth-order valence-corrected chi connectivity index (χ4v) is 2.38. The van der Waals surface area contributed by atoms with Crippen LogP contribution in [0.1, 0.15) is 35.5 Å². The van der Waals surface area contributed by atoms with Crippen LogP contribution in [0.4, 0.5) is 0 Å². The molecule has 0 aliphatic heterocycles. The summed E-state index contributed by atoms with van der Waals surface area (Å²) < 4.78 is 10.7. The molecule has 0 amide bonds. The molecule has 0 saturated carbocycles. The van der Waals surface area contributed by atoms with Crippen LogP contribution in [0, 0.1) is 0 Å². The smallest absolute Gasteiger partial charge is 0.333 e. The zero-order valence-electron chi connectivity index (χ0n) is 15.0. The second-order valence-corrected chi connectivity index (χ2v) is 5.75. The van der Waals surface area contributed by atoms with E-state index in [0.717, 1.165) is 17.5 Å². The molecule has 0 spiro atoms. The van der Waals surface area contributed by atoms with Crippen molar-refractivity contribution in [2.24, 2.45) is 0 Å². The van der Waals surface area contributed by atoms with Gasteiger partial charge in [0.15, 0.2) is 12.7 Å². The van der Waals surface area contributed by atoms with E-state index in [4.69, 9.17) is 14.6 Å². The van der Waals surface area contributed by atoms with E-state index in [0.29, 0.717) is 18.1 Å². The Kier molecular flexibility index (Phi) is 7.29. The van der Waals surface area contributed by atoms with Gasteiger partial charge in [-0.2, -0.15) is 0 Å². The molecule has 1 heterocycles. The molecule has 1 aromatic carbocycles. The summed E-state index contributed by atoms with van der Waals surface area (Å²) in [6.45, 7) is 4.02. The van der Waals surface area contributed by atoms with Crippen LogP contribution in [0.5, 0.6) is 5.75 Å². The fraction of sp³-hybridized carbons (Fsp3) is 0.350. The quantitative estimate of drug-likeness (QED) is 0.658. The van der Waals surface area contributed by atoms with E-state index in [1.165, 1.54) is 0 Å². The highest BCUT2D eigenvalue weighted by atomic mass is 16.5. The van der Waals surface area contributed by atoms with E-state index >= 15 is 0 Å². The van der Waals surface area contributed by atoms with Crippen molar-refractivity contribution < 1.29 is 24.2 Å². The summed E-state index contributed by atoms with van der Waals surface area (Å²) in [6, 6.07) is 10.5. The monoisotopic (exact) mass is 357 g/mol. The number of hydrogen-bond donors (Lipinski definition) is 1. The lowest BCUT2D eigenvalue weighted by molar-refractivity contribution is -0.149. The molecule has 138 valence electrons. The summed E-state index contributed by atoms with van der Waals surface area (Å²) in [6.07, 6.45) is 1.97. The van der Waals surface area contributed by atoms with Gasteiger partial charge >= 0.3 is 5.97 Å². The Morgan fingerprint density at radius 1 is 1.08 bits per heavy atom. The topological polar surface area (TPSA) is 85.7 Å². The minimum Gasteiger partial charge on any atom is -0.485 e. The number of ketones is 1. The SMILES string of the molecule is CCOC(Cc1ccc(OCC(=O)c2ccc(CC)cn2)cc1)C(=O)O. The van der Waals surface area contributed by atoms with Crippen molar-refractivity contribution >= 4 is 11.8 Å². The van der Waals surface area contributed by atoms with Crippen LogP contribution in [-0.2, 0) is 22.4 Å². The number of carboxylic acids is 1. The first kappa shape index (κ1) is 19.6. The van der Waals surface area contributed by atoms with Crippen molar-refractivity contribution in [1.29, 1.82) is 0 Å². The fourth-order valence-electron chi connectivity index (χ4n) is 2.38. The van der Waals surface area contributed by atoms with Gasteiger partial charge in [-0.3, -0.25) is 9.78 Å². The summed E-state index contributed by atoms with van der Waals surface area (Å²) >= 11 is 0. The van der Waals surface area contributed by atoms with Gasteiger partial charge in [0.1, 0.15) is 11.4 Å². The standard InChI is InChI=1S/C20H23NO5/c1-3-14-7-10-17(21-12-14)18(22)13-26-16-8-5-15(6-9-16)11-19(20(23)24)25-4-2/h5-10,12,19H,3-4,11,13H2,1-2H3,(H,23,24). The number of rotatable bonds is 10. The molecule has 26 heavy (non-hydrogen) atoms. The van der Waals surface area contributed by atoms with Crippen molar-refractivity contribution in [3.05, 3.63) is 59.4 Å². The first-order chi connectivity index (χ1) is 12.5. The number of carboxylic acid groups (broad SMARTS) is 1. The van der Waals surface area contributed by atoms with Crippen LogP contribution < -0.4 is 4.74 Å². The lowest BCUT2D eigenvalue weighted by Crippen LogP contribution is -2.26. The molecule has 0 saturated heterocycles. The summed E-state index contributed by atoms with van der Waals surface area (Å²) in [5.41, 5.74) is 2.27. The summed E-state index contributed by atoms with van der Waals surface area (Å²) in [5, 5.41) is 9.11. The van der Waals surface area contributed by atoms with Crippen LogP contribution in [0.25, 0.3) is 0 Å². The van der Waals surface area contributed by atoms with Gasteiger partial charge in [-0.05, 0) is 42.7 Å². The number of carbonyl (C=O) groups is 2. The summed E-state index contributed by atoms with van der Waals surface area (Å²) in [7, 11) is 0. The van der Waals surface area contributed by atoms with Crippen LogP contribution in [0.3, 0.4) is 0 Å². The zero-order chi connectivity index (χ0) is 18.9. The number of nitrogens with zero attached hydrogens (tertiary/aromatic N) is 1. The first-order valence-corrected chi connectivity index (χ1v) is 8.57. The minimum atomic E-state index is -0.987. The second kappa shape index (κ2) is 9.68. The maximum absolute atomic E-state index is 12.1. The van der Waals surface area contributed by atoms with Gasteiger partial charge in [0.25, 0.3) is 0 Å². The Hall–Kier alpha value is -2.73. The van der Waals surface area contributed by atoms with Gasteiger partial charge < -0.3 is 14.6 Å². The highest BCUT2D eigenvalue weighted by molar-refractivity contribution is 5.95. The number of hydrogen-bond acceptors (Lipinski definition) is 5. The third-order valence-corrected chi connectivity index (χ3v) is 3.88. The molecule has 2 rings (SSSR count). The molecule has 1 aromatic heterocycles. The molecule has 6 heteroatoms. The van der Waals surface area contributed by atoms with Gasteiger partial charge in [-0.15, -0.1) is 0 Å². The number of ether oxygens (including phenoxy) is 2. The number of aryl methyl sites for hydroxylation is 1. The molecule has 0 radical (unpaired) electrons. The molecule has 1 unspecified atom stereocenters. The van der Waals surface area contributed by atoms with Crippen LogP contribution in [0.15, 0.2) is 42.6 Å². The lowest BCUT2D eigenvalue weighted by Gasteiger charge is -2.12. The molecule has 1 atom stereocenters. The molecule has 6 nitrogen and oxygen atoms in total. The molecule has 0 fully saturated rings. The van der Waals surface area contributed by atoms with Gasteiger partial charge in [0.2, 0.25) is 5.78 Å². The van der Waals surface area contributed by atoms with Gasteiger partial charge in [-0.1, -0.05) is 25.1 Å². The summed E-state index contributed by atoms with van der Waals surface area (Å²) in [5.74, 6) is -0.644. The number of Topliss-reactive ketones (excluding diaryl/α,β-unsaturated/α-hetero) is 1. The van der Waals surface area contributed by atoms with E-state index in [1.54, 1.807) is 43.5 Å². The Morgan fingerprint density at radius 3 is 2.31 bits per heavy atom. The number of aromatic nitrogens is 1. The van der Waals surface area contributed by atoms with Crippen LogP contribution >= 0.6 is 0 Å². The Balaban J connectivity index is 1.90. The molecular weight excluding hydrogens is 334 g/mol. The number of carbonyl (C=O) groups excluding carboxylic acids is 1. The molecule has 0 aliphatic carbocycles. The minimum absolute atomic E-state index is 0.103.